The van der Waals surface area contributed by atoms with E-state index in [1.165, 1.54) is 16.8 Å². The maximum atomic E-state index is 14.6. The first-order valence-corrected chi connectivity index (χ1v) is 10.5. The van der Waals surface area contributed by atoms with Gasteiger partial charge < -0.3 is 15.4 Å². The molecule has 170 valence electrons. The van der Waals surface area contributed by atoms with E-state index in [0.717, 1.165) is 23.3 Å². The van der Waals surface area contributed by atoms with E-state index < -0.39 is 23.6 Å². The van der Waals surface area contributed by atoms with Gasteiger partial charge in [0.15, 0.2) is 11.5 Å². The monoisotopic (exact) mass is 453 g/mol. The second-order valence-electron chi connectivity index (χ2n) is 7.91. The number of nitrogens with zero attached hydrogens (tertiary/aromatic N) is 6. The maximum absolute atomic E-state index is 14.6. The lowest BCUT2D eigenvalue weighted by atomic mass is 10.0. The summed E-state index contributed by atoms with van der Waals surface area (Å²) in [5, 5.41) is 17.0. The largest absolute Gasteiger partial charge is 0.427 e. The average Bonchev–Trinajstić information content (AvgIpc) is 3.50. The Balaban J connectivity index is 1.52. The van der Waals surface area contributed by atoms with Crippen molar-refractivity contribution in [2.75, 3.05) is 11.4 Å². The van der Waals surface area contributed by atoms with Crippen LogP contribution in [0.25, 0.3) is 5.65 Å². The molecule has 0 saturated carbocycles. The first-order valence-electron chi connectivity index (χ1n) is 10.5. The molecule has 0 spiro atoms. The lowest BCUT2D eigenvalue weighted by Crippen LogP contribution is -2.29. The van der Waals surface area contributed by atoms with Crippen LogP contribution in [0.1, 0.15) is 46.3 Å². The van der Waals surface area contributed by atoms with Gasteiger partial charge in [0.2, 0.25) is 0 Å². The van der Waals surface area contributed by atoms with Gasteiger partial charge in [0.1, 0.15) is 23.0 Å². The number of hydrogen-bond donors (Lipinski definition) is 2. The summed E-state index contributed by atoms with van der Waals surface area (Å²) in [6.45, 7) is 2.25. The van der Waals surface area contributed by atoms with Crippen molar-refractivity contribution in [2.24, 2.45) is 0 Å². The summed E-state index contributed by atoms with van der Waals surface area (Å²) in [7, 11) is 0. The Bertz CT molecular complexity index is 1330. The molecular weight excluding hydrogens is 432 g/mol. The topological polar surface area (TPSA) is 101 Å². The highest BCUT2D eigenvalue weighted by Gasteiger charge is 2.34. The molecule has 33 heavy (non-hydrogen) atoms. The summed E-state index contributed by atoms with van der Waals surface area (Å²) in [5.74, 6) is -0.715. The maximum Gasteiger partial charge on any atom is 0.259 e. The second kappa shape index (κ2) is 8.15. The number of carbonyl (C=O) groups excluding carboxylic acids is 1. The van der Waals surface area contributed by atoms with E-state index >= 15 is 0 Å². The van der Waals surface area contributed by atoms with Gasteiger partial charge in [0, 0.05) is 24.5 Å². The Morgan fingerprint density at radius 1 is 1.33 bits per heavy atom. The van der Waals surface area contributed by atoms with E-state index in [0.29, 0.717) is 35.9 Å². The Morgan fingerprint density at radius 2 is 2.18 bits per heavy atom. The minimum Gasteiger partial charge on any atom is -0.427 e. The summed E-state index contributed by atoms with van der Waals surface area (Å²) >= 11 is 0. The molecule has 11 heteroatoms. The summed E-state index contributed by atoms with van der Waals surface area (Å²) in [5.41, 5.74) is 1.29. The molecule has 1 aliphatic heterocycles. The van der Waals surface area contributed by atoms with E-state index in [2.05, 4.69) is 20.4 Å². The molecule has 0 bridgehead atoms. The van der Waals surface area contributed by atoms with Crippen molar-refractivity contribution in [2.45, 2.75) is 32.4 Å². The highest BCUT2D eigenvalue weighted by molar-refractivity contribution is 6.04. The molecule has 9 nitrogen and oxygen atoms in total. The average molecular weight is 453 g/mol. The van der Waals surface area contributed by atoms with Crippen LogP contribution in [0.2, 0.25) is 0 Å². The van der Waals surface area contributed by atoms with Crippen molar-refractivity contribution >= 4 is 17.4 Å². The standard InChI is InChI=1S/C22H21F2N7O2/c1-13-27-15(12-31(13)33)11-26-22(32)19-20-25-7-3-9-30(20)28-21(19)29-8-2-4-18(29)16-10-14(23)5-6-17(16)24/h3,5-7,9-10,12,18,33H,2,4,8,11H2,1H3,(H,26,32)/t18-/m1/s1. The Kier molecular flexibility index (Phi) is 5.15. The highest BCUT2D eigenvalue weighted by Crippen LogP contribution is 2.39. The van der Waals surface area contributed by atoms with Gasteiger partial charge in [-0.3, -0.25) is 4.79 Å². The highest BCUT2D eigenvalue weighted by atomic mass is 19.1. The van der Waals surface area contributed by atoms with Crippen molar-refractivity contribution in [3.05, 3.63) is 77.1 Å². The van der Waals surface area contributed by atoms with Gasteiger partial charge in [0.25, 0.3) is 5.91 Å². The van der Waals surface area contributed by atoms with E-state index in [9.17, 15) is 18.8 Å². The molecule has 2 N–H and O–H groups in total. The summed E-state index contributed by atoms with van der Waals surface area (Å²) in [6, 6.07) is 4.61. The van der Waals surface area contributed by atoms with E-state index in [1.54, 1.807) is 25.4 Å². The minimum atomic E-state index is -0.522. The number of amides is 1. The van der Waals surface area contributed by atoms with Gasteiger partial charge in [-0.2, -0.15) is 4.73 Å². The quantitative estimate of drug-likeness (QED) is 0.451. The fourth-order valence-electron chi connectivity index (χ4n) is 4.26. The predicted molar refractivity (Wildman–Crippen MR) is 114 cm³/mol. The number of fused-ring (bicyclic) bond motifs is 1. The van der Waals surface area contributed by atoms with Crippen molar-refractivity contribution in [1.82, 2.24) is 29.6 Å². The third-order valence-electron chi connectivity index (χ3n) is 5.78. The Labute approximate surface area is 187 Å². The van der Waals surface area contributed by atoms with Gasteiger partial charge in [-0.15, -0.1) is 5.10 Å². The molecule has 5 rings (SSSR count). The minimum absolute atomic E-state index is 0.0821. The zero-order chi connectivity index (χ0) is 23.1. The fourth-order valence-corrected chi connectivity index (χ4v) is 4.26. The second-order valence-corrected chi connectivity index (χ2v) is 7.91. The van der Waals surface area contributed by atoms with Crippen LogP contribution in [-0.2, 0) is 6.54 Å². The molecule has 1 saturated heterocycles. The smallest absolute Gasteiger partial charge is 0.259 e. The summed E-state index contributed by atoms with van der Waals surface area (Å²) in [4.78, 5) is 23.6. The number of aromatic nitrogens is 5. The molecule has 1 aromatic carbocycles. The number of hydrogen-bond acceptors (Lipinski definition) is 6. The first-order chi connectivity index (χ1) is 15.9. The van der Waals surface area contributed by atoms with Crippen LogP contribution in [0.3, 0.4) is 0 Å². The van der Waals surface area contributed by atoms with Gasteiger partial charge in [-0.05, 0) is 44.0 Å². The molecule has 0 aliphatic carbocycles. The normalized spacial score (nSPS) is 16.0. The van der Waals surface area contributed by atoms with Crippen molar-refractivity contribution in [3.63, 3.8) is 0 Å². The van der Waals surface area contributed by atoms with Crippen LogP contribution < -0.4 is 10.2 Å². The number of rotatable bonds is 5. The number of benzene rings is 1. The molecule has 1 amide bonds. The van der Waals surface area contributed by atoms with Crippen LogP contribution in [0, 0.1) is 18.6 Å². The molecule has 0 unspecified atom stereocenters. The molecule has 1 fully saturated rings. The number of nitrogens with one attached hydrogen (secondary N) is 1. The van der Waals surface area contributed by atoms with Gasteiger partial charge in [0.05, 0.1) is 24.5 Å². The third-order valence-corrected chi connectivity index (χ3v) is 5.78. The van der Waals surface area contributed by atoms with Gasteiger partial charge in [-0.25, -0.2) is 23.3 Å². The van der Waals surface area contributed by atoms with E-state index in [-0.39, 0.29) is 17.7 Å². The van der Waals surface area contributed by atoms with Crippen LogP contribution in [0.15, 0.2) is 42.9 Å². The Morgan fingerprint density at radius 3 is 2.97 bits per heavy atom. The number of anilines is 1. The molecule has 3 aromatic heterocycles. The number of halogens is 2. The molecule has 1 atom stereocenters. The lowest BCUT2D eigenvalue weighted by Gasteiger charge is -2.26. The molecule has 4 aromatic rings. The number of imidazole rings is 1. The van der Waals surface area contributed by atoms with Crippen LogP contribution in [0.5, 0.6) is 0 Å². The first kappa shape index (κ1) is 20.9. The zero-order valence-corrected chi connectivity index (χ0v) is 17.7. The number of aryl methyl sites for hydroxylation is 1. The molecule has 1 aliphatic rings. The van der Waals surface area contributed by atoms with Crippen LogP contribution >= 0.6 is 0 Å². The van der Waals surface area contributed by atoms with Crippen molar-refractivity contribution in [3.8, 4) is 0 Å². The van der Waals surface area contributed by atoms with Crippen molar-refractivity contribution in [1.29, 1.82) is 0 Å². The van der Waals surface area contributed by atoms with E-state index in [1.807, 2.05) is 4.90 Å². The summed E-state index contributed by atoms with van der Waals surface area (Å²) in [6.07, 6.45) is 5.97. The zero-order valence-electron chi connectivity index (χ0n) is 17.7. The van der Waals surface area contributed by atoms with Crippen molar-refractivity contribution < 1.29 is 18.8 Å². The molecule has 0 radical (unpaired) electrons. The predicted octanol–water partition coefficient (Wildman–Crippen LogP) is 3.02. The van der Waals surface area contributed by atoms with Crippen LogP contribution in [0.4, 0.5) is 14.6 Å². The van der Waals surface area contributed by atoms with Gasteiger partial charge in [-0.1, -0.05) is 0 Å². The fraction of sp³-hybridized carbons (Fsp3) is 0.273. The van der Waals surface area contributed by atoms with Crippen LogP contribution in [-0.4, -0.2) is 42.0 Å². The Hall–Kier alpha value is -4.02. The summed E-state index contributed by atoms with van der Waals surface area (Å²) < 4.78 is 30.8. The third kappa shape index (κ3) is 3.75. The number of carbonyl (C=O) groups is 1. The van der Waals surface area contributed by atoms with E-state index in [4.69, 9.17) is 0 Å². The lowest BCUT2D eigenvalue weighted by molar-refractivity contribution is 0.0952. The van der Waals surface area contributed by atoms with Gasteiger partial charge >= 0.3 is 0 Å². The molecule has 4 heterocycles. The molecular formula is C22H21F2N7O2. The SMILES string of the molecule is Cc1nc(CNC(=O)c2c(N3CCC[C@@H]3c3cc(F)ccc3F)nn3cccnc23)cn1O.